The topological polar surface area (TPSA) is 131 Å². The molecule has 1 aliphatic rings. The molecule has 0 bridgehead atoms. The first kappa shape index (κ1) is 16.4. The summed E-state index contributed by atoms with van der Waals surface area (Å²) in [5.74, 6) is -0.139. The van der Waals surface area contributed by atoms with Crippen molar-refractivity contribution in [3.05, 3.63) is 52.1 Å². The molecular formula is C15H16N6O4. The van der Waals surface area contributed by atoms with Crippen molar-refractivity contribution in [2.75, 3.05) is 11.9 Å². The third-order valence-electron chi connectivity index (χ3n) is 4.10. The largest absolute Gasteiger partial charge is 0.382 e. The highest BCUT2D eigenvalue weighted by molar-refractivity contribution is 6.07. The lowest BCUT2D eigenvalue weighted by Crippen LogP contribution is -2.51. The fourth-order valence-electron chi connectivity index (χ4n) is 2.83. The van der Waals surface area contributed by atoms with E-state index in [4.69, 9.17) is 0 Å². The molecule has 0 radical (unpaired) electrons. The first-order valence-corrected chi connectivity index (χ1v) is 7.44. The molecule has 1 aromatic heterocycles. The summed E-state index contributed by atoms with van der Waals surface area (Å²) in [5, 5.41) is 18.8. The summed E-state index contributed by atoms with van der Waals surface area (Å²) in [6.07, 6.45) is 3.20. The second kappa shape index (κ2) is 5.89. The quantitative estimate of drug-likeness (QED) is 0.417. The Morgan fingerprint density at radius 3 is 2.68 bits per heavy atom. The fraction of sp³-hybridized carbons (Fsp3) is 0.267. The van der Waals surface area contributed by atoms with Crippen LogP contribution >= 0.6 is 0 Å². The molecule has 1 fully saturated rings. The average molecular weight is 344 g/mol. The van der Waals surface area contributed by atoms with Crippen LogP contribution < -0.4 is 16.0 Å². The average Bonchev–Trinajstić information content (AvgIpc) is 3.08. The number of benzene rings is 1. The lowest BCUT2D eigenvalue weighted by Gasteiger charge is -2.26. The summed E-state index contributed by atoms with van der Waals surface area (Å²) >= 11 is 0. The second-order valence-electron chi connectivity index (χ2n) is 5.79. The summed E-state index contributed by atoms with van der Waals surface area (Å²) in [4.78, 5) is 38.7. The molecule has 0 saturated carbocycles. The molecule has 1 saturated heterocycles. The van der Waals surface area contributed by atoms with Crippen LogP contribution in [0.4, 0.5) is 16.2 Å². The Morgan fingerprint density at radius 1 is 1.40 bits per heavy atom. The van der Waals surface area contributed by atoms with Crippen LogP contribution in [-0.2, 0) is 17.4 Å². The normalized spacial score (nSPS) is 19.4. The van der Waals surface area contributed by atoms with Gasteiger partial charge in [0, 0.05) is 36.8 Å². The molecule has 10 heteroatoms. The lowest BCUT2D eigenvalue weighted by molar-refractivity contribution is -0.385. The maximum atomic E-state index is 12.4. The number of imide groups is 1. The predicted molar refractivity (Wildman–Crippen MR) is 87.9 cm³/mol. The van der Waals surface area contributed by atoms with Gasteiger partial charge in [-0.1, -0.05) is 0 Å². The summed E-state index contributed by atoms with van der Waals surface area (Å²) in [5.41, 5.74) is -0.284. The van der Waals surface area contributed by atoms with Gasteiger partial charge in [-0.25, -0.2) is 9.78 Å². The molecule has 3 rings (SSSR count). The summed E-state index contributed by atoms with van der Waals surface area (Å²) < 4.78 is 1.65. The number of nitrogens with zero attached hydrogens (tertiary/aromatic N) is 3. The highest BCUT2D eigenvalue weighted by Crippen LogP contribution is 2.26. The van der Waals surface area contributed by atoms with E-state index in [1.165, 1.54) is 12.3 Å². The summed E-state index contributed by atoms with van der Waals surface area (Å²) in [7, 11) is 1.72. The van der Waals surface area contributed by atoms with Gasteiger partial charge < -0.3 is 15.2 Å². The van der Waals surface area contributed by atoms with E-state index in [-0.39, 0.29) is 12.2 Å². The lowest BCUT2D eigenvalue weighted by atomic mass is 9.98. The number of hydrogen-bond donors (Lipinski definition) is 3. The SMILES string of the molecule is Cc1cc(NCC2(c3nccn3C)NC(=O)NC2=O)ccc1[N+](=O)[O-]. The Labute approximate surface area is 142 Å². The predicted octanol–water partition coefficient (Wildman–Crippen LogP) is 0.784. The molecule has 1 aliphatic heterocycles. The van der Waals surface area contributed by atoms with Crippen molar-refractivity contribution in [3.63, 3.8) is 0 Å². The summed E-state index contributed by atoms with van der Waals surface area (Å²) in [6, 6.07) is 3.94. The van der Waals surface area contributed by atoms with Crippen LogP contribution in [0.25, 0.3) is 0 Å². The highest BCUT2D eigenvalue weighted by Gasteiger charge is 2.50. The van der Waals surface area contributed by atoms with E-state index in [2.05, 4.69) is 20.9 Å². The maximum Gasteiger partial charge on any atom is 0.322 e. The number of carbonyl (C=O) groups excluding carboxylic acids is 2. The van der Waals surface area contributed by atoms with Gasteiger partial charge in [0.25, 0.3) is 11.6 Å². The fourth-order valence-corrected chi connectivity index (χ4v) is 2.83. The minimum atomic E-state index is -1.37. The van der Waals surface area contributed by atoms with E-state index in [9.17, 15) is 19.7 Å². The van der Waals surface area contributed by atoms with Crippen LogP contribution in [0.1, 0.15) is 11.4 Å². The van der Waals surface area contributed by atoms with Crippen LogP contribution in [0.2, 0.25) is 0 Å². The van der Waals surface area contributed by atoms with Gasteiger partial charge in [-0.15, -0.1) is 0 Å². The van der Waals surface area contributed by atoms with Gasteiger partial charge in [-0.3, -0.25) is 20.2 Å². The van der Waals surface area contributed by atoms with Gasteiger partial charge in [-0.2, -0.15) is 0 Å². The van der Waals surface area contributed by atoms with Gasteiger partial charge in [0.15, 0.2) is 5.54 Å². The van der Waals surface area contributed by atoms with Crippen LogP contribution in [0.5, 0.6) is 0 Å². The smallest absolute Gasteiger partial charge is 0.322 e. The Kier molecular flexibility index (Phi) is 3.87. The number of rotatable bonds is 5. The van der Waals surface area contributed by atoms with Crippen molar-refractivity contribution < 1.29 is 14.5 Å². The van der Waals surface area contributed by atoms with Crippen molar-refractivity contribution in [1.29, 1.82) is 0 Å². The number of aryl methyl sites for hydroxylation is 2. The Balaban J connectivity index is 1.89. The molecule has 1 unspecified atom stereocenters. The molecule has 0 aliphatic carbocycles. The Morgan fingerprint density at radius 2 is 2.16 bits per heavy atom. The standard InChI is InChI=1S/C15H16N6O4/c1-9-7-10(3-4-11(9)21(24)25)17-8-15(12-16-5-6-20(12)2)13(22)18-14(23)19-15/h3-7,17H,8H2,1-2H3,(H2,18,19,22,23). The number of imidazole rings is 1. The second-order valence-corrected chi connectivity index (χ2v) is 5.79. The molecule has 1 atom stereocenters. The van der Waals surface area contributed by atoms with Gasteiger partial charge in [-0.05, 0) is 19.1 Å². The number of hydrogen-bond acceptors (Lipinski definition) is 6. The van der Waals surface area contributed by atoms with Crippen LogP contribution in [0, 0.1) is 17.0 Å². The van der Waals surface area contributed by atoms with Crippen molar-refractivity contribution in [2.45, 2.75) is 12.5 Å². The zero-order valence-electron chi connectivity index (χ0n) is 13.6. The van der Waals surface area contributed by atoms with Gasteiger partial charge >= 0.3 is 6.03 Å². The molecule has 1 aromatic carbocycles. The van der Waals surface area contributed by atoms with E-state index < -0.39 is 22.4 Å². The molecule has 2 heterocycles. The summed E-state index contributed by atoms with van der Waals surface area (Å²) in [6.45, 7) is 1.66. The molecule has 130 valence electrons. The van der Waals surface area contributed by atoms with Gasteiger partial charge in [0.2, 0.25) is 0 Å². The number of urea groups is 1. The van der Waals surface area contributed by atoms with E-state index in [0.717, 1.165) is 0 Å². The molecular weight excluding hydrogens is 328 g/mol. The van der Waals surface area contributed by atoms with E-state index in [1.807, 2.05) is 0 Å². The first-order chi connectivity index (χ1) is 11.8. The van der Waals surface area contributed by atoms with Crippen molar-refractivity contribution >= 4 is 23.3 Å². The van der Waals surface area contributed by atoms with Crippen molar-refractivity contribution in [1.82, 2.24) is 20.2 Å². The minimum absolute atomic E-state index is 0.0104. The molecule has 10 nitrogen and oxygen atoms in total. The maximum absolute atomic E-state index is 12.4. The molecule has 3 N–H and O–H groups in total. The van der Waals surface area contributed by atoms with Crippen molar-refractivity contribution in [3.8, 4) is 0 Å². The monoisotopic (exact) mass is 344 g/mol. The minimum Gasteiger partial charge on any atom is -0.382 e. The number of aromatic nitrogens is 2. The van der Waals surface area contributed by atoms with Crippen LogP contribution in [-0.4, -0.2) is 33.0 Å². The molecule has 3 amide bonds. The molecule has 2 aromatic rings. The molecule has 0 spiro atoms. The number of amides is 3. The first-order valence-electron chi connectivity index (χ1n) is 7.44. The van der Waals surface area contributed by atoms with Crippen LogP contribution in [0.15, 0.2) is 30.6 Å². The van der Waals surface area contributed by atoms with Gasteiger partial charge in [0.1, 0.15) is 5.82 Å². The van der Waals surface area contributed by atoms with Crippen LogP contribution in [0.3, 0.4) is 0 Å². The number of nitro benzene ring substituents is 1. The van der Waals surface area contributed by atoms with E-state index in [0.29, 0.717) is 17.1 Å². The number of anilines is 1. The highest BCUT2D eigenvalue weighted by atomic mass is 16.6. The van der Waals surface area contributed by atoms with Crippen molar-refractivity contribution in [2.24, 2.45) is 7.05 Å². The van der Waals surface area contributed by atoms with Gasteiger partial charge in [0.05, 0.1) is 11.5 Å². The number of nitrogens with one attached hydrogen (secondary N) is 3. The third kappa shape index (κ3) is 2.77. The number of carbonyl (C=O) groups is 2. The zero-order chi connectivity index (χ0) is 18.2. The zero-order valence-corrected chi connectivity index (χ0v) is 13.6. The Bertz CT molecular complexity index is 877. The van der Waals surface area contributed by atoms with E-state index >= 15 is 0 Å². The Hall–Kier alpha value is -3.43. The number of nitro groups is 1. The van der Waals surface area contributed by atoms with E-state index in [1.54, 1.807) is 36.9 Å². The molecule has 25 heavy (non-hydrogen) atoms. The third-order valence-corrected chi connectivity index (χ3v) is 4.10.